The van der Waals surface area contributed by atoms with E-state index >= 15 is 0 Å². The Bertz CT molecular complexity index is 346. The largest absolute Gasteiger partial charge is 0.393 e. The van der Waals surface area contributed by atoms with Gasteiger partial charge in [0.25, 0.3) is 0 Å². The van der Waals surface area contributed by atoms with Gasteiger partial charge in [0.2, 0.25) is 0 Å². The van der Waals surface area contributed by atoms with Crippen LogP contribution in [0.3, 0.4) is 0 Å². The Labute approximate surface area is 104 Å². The molecule has 0 radical (unpaired) electrons. The molecule has 0 aliphatic heterocycles. The maximum absolute atomic E-state index is 9.56. The number of rotatable bonds is 3. The van der Waals surface area contributed by atoms with E-state index in [2.05, 4.69) is 26.2 Å². The molecule has 1 fully saturated rings. The second kappa shape index (κ2) is 5.75. The molecule has 16 heavy (non-hydrogen) atoms. The van der Waals surface area contributed by atoms with Crippen LogP contribution in [0.15, 0.2) is 22.8 Å². The Hall–Kier alpha value is -0.450. The second-order valence-corrected chi connectivity index (χ2v) is 5.16. The molecule has 0 spiro atoms. The van der Waals surface area contributed by atoms with Crippen LogP contribution in [0.5, 0.6) is 0 Å². The van der Waals surface area contributed by atoms with Crippen molar-refractivity contribution in [2.75, 3.05) is 0 Å². The Morgan fingerprint density at radius 2 is 2.31 bits per heavy atom. The lowest BCUT2D eigenvalue weighted by Crippen LogP contribution is -2.35. The summed E-state index contributed by atoms with van der Waals surface area (Å²) in [4.78, 5) is 4.37. The van der Waals surface area contributed by atoms with Crippen molar-refractivity contribution < 1.29 is 5.11 Å². The van der Waals surface area contributed by atoms with Gasteiger partial charge in [-0.15, -0.1) is 0 Å². The first kappa shape index (κ1) is 12.0. The zero-order valence-corrected chi connectivity index (χ0v) is 10.8. The summed E-state index contributed by atoms with van der Waals surface area (Å²) in [6.07, 6.45) is 3.97. The first-order valence-corrected chi connectivity index (χ1v) is 6.56. The average Bonchev–Trinajstić information content (AvgIpc) is 2.27. The number of nitrogens with zero attached hydrogens (tertiary/aromatic N) is 1. The van der Waals surface area contributed by atoms with Crippen LogP contribution in [0, 0.1) is 0 Å². The monoisotopic (exact) mass is 284 g/mol. The fraction of sp³-hybridized carbons (Fsp3) is 0.583. The van der Waals surface area contributed by atoms with Gasteiger partial charge in [-0.3, -0.25) is 0 Å². The van der Waals surface area contributed by atoms with Gasteiger partial charge in [0.1, 0.15) is 4.60 Å². The molecule has 1 aliphatic rings. The number of aliphatic hydroxyl groups excluding tert-OH is 1. The highest BCUT2D eigenvalue weighted by Crippen LogP contribution is 2.18. The van der Waals surface area contributed by atoms with E-state index in [1.54, 1.807) is 0 Å². The van der Waals surface area contributed by atoms with Gasteiger partial charge in [0.05, 0.1) is 11.8 Å². The van der Waals surface area contributed by atoms with Crippen molar-refractivity contribution in [1.82, 2.24) is 10.3 Å². The summed E-state index contributed by atoms with van der Waals surface area (Å²) in [5.74, 6) is 0. The summed E-state index contributed by atoms with van der Waals surface area (Å²) in [5, 5.41) is 13.0. The van der Waals surface area contributed by atoms with Crippen LogP contribution in [-0.4, -0.2) is 22.2 Å². The molecule has 1 aromatic rings. The van der Waals surface area contributed by atoms with Crippen molar-refractivity contribution in [3.63, 3.8) is 0 Å². The molecule has 4 heteroatoms. The van der Waals surface area contributed by atoms with Crippen LogP contribution >= 0.6 is 15.9 Å². The lowest BCUT2D eigenvalue weighted by molar-refractivity contribution is 0.111. The number of aliphatic hydroxyl groups is 1. The summed E-state index contributed by atoms with van der Waals surface area (Å²) in [6, 6.07) is 6.36. The van der Waals surface area contributed by atoms with E-state index in [1.807, 2.05) is 18.2 Å². The number of nitrogens with one attached hydrogen (secondary N) is 1. The molecule has 1 aromatic heterocycles. The minimum absolute atomic E-state index is 0.123. The van der Waals surface area contributed by atoms with Crippen molar-refractivity contribution in [1.29, 1.82) is 0 Å². The maximum atomic E-state index is 9.56. The van der Waals surface area contributed by atoms with E-state index in [0.717, 1.165) is 42.5 Å². The zero-order chi connectivity index (χ0) is 11.4. The van der Waals surface area contributed by atoms with E-state index < -0.39 is 0 Å². The molecule has 2 unspecified atom stereocenters. The van der Waals surface area contributed by atoms with E-state index in [4.69, 9.17) is 0 Å². The van der Waals surface area contributed by atoms with Gasteiger partial charge in [-0.25, -0.2) is 4.98 Å². The molecule has 2 N–H and O–H groups in total. The van der Waals surface area contributed by atoms with Gasteiger partial charge in [-0.1, -0.05) is 6.07 Å². The second-order valence-electron chi connectivity index (χ2n) is 4.35. The molecule has 0 amide bonds. The van der Waals surface area contributed by atoms with Crippen LogP contribution in [0.4, 0.5) is 0 Å². The molecule has 1 aliphatic carbocycles. The van der Waals surface area contributed by atoms with Crippen molar-refractivity contribution in [3.05, 3.63) is 28.5 Å². The zero-order valence-electron chi connectivity index (χ0n) is 9.19. The smallest absolute Gasteiger partial charge is 0.106 e. The summed E-state index contributed by atoms with van der Waals surface area (Å²) < 4.78 is 0.871. The van der Waals surface area contributed by atoms with Crippen LogP contribution in [0.25, 0.3) is 0 Å². The quantitative estimate of drug-likeness (QED) is 0.837. The van der Waals surface area contributed by atoms with Crippen LogP contribution in [0.1, 0.15) is 31.4 Å². The molecular formula is C12H17BrN2O. The fourth-order valence-corrected chi connectivity index (χ4v) is 2.53. The number of aromatic nitrogens is 1. The van der Waals surface area contributed by atoms with Gasteiger partial charge in [-0.05, 0) is 53.7 Å². The topological polar surface area (TPSA) is 45.1 Å². The highest BCUT2D eigenvalue weighted by atomic mass is 79.9. The van der Waals surface area contributed by atoms with Gasteiger partial charge in [0.15, 0.2) is 0 Å². The summed E-state index contributed by atoms with van der Waals surface area (Å²) in [6.45, 7) is 0.775. The molecule has 2 atom stereocenters. The first-order valence-electron chi connectivity index (χ1n) is 5.77. The first-order chi connectivity index (χ1) is 7.74. The Morgan fingerprint density at radius 1 is 1.44 bits per heavy atom. The lowest BCUT2D eigenvalue weighted by atomic mass is 9.93. The van der Waals surface area contributed by atoms with Crippen LogP contribution in [0.2, 0.25) is 0 Å². The summed E-state index contributed by atoms with van der Waals surface area (Å²) in [5.41, 5.74) is 1.04. The summed E-state index contributed by atoms with van der Waals surface area (Å²) in [7, 11) is 0. The third-order valence-corrected chi connectivity index (χ3v) is 3.43. The highest BCUT2D eigenvalue weighted by Gasteiger charge is 2.19. The fourth-order valence-electron chi connectivity index (χ4n) is 2.15. The van der Waals surface area contributed by atoms with Crippen molar-refractivity contribution in [3.8, 4) is 0 Å². The molecule has 1 heterocycles. The van der Waals surface area contributed by atoms with Gasteiger partial charge < -0.3 is 10.4 Å². The van der Waals surface area contributed by atoms with Crippen molar-refractivity contribution in [2.24, 2.45) is 0 Å². The molecule has 1 saturated carbocycles. The van der Waals surface area contributed by atoms with Gasteiger partial charge >= 0.3 is 0 Å². The minimum atomic E-state index is -0.123. The summed E-state index contributed by atoms with van der Waals surface area (Å²) >= 11 is 3.36. The standard InChI is InChI=1S/C12H17BrN2O/c13-12-6-2-4-10(15-12)8-14-9-3-1-5-11(16)7-9/h2,4,6,9,11,14,16H,1,3,5,7-8H2. The Kier molecular flexibility index (Phi) is 4.32. The van der Waals surface area contributed by atoms with Crippen molar-refractivity contribution in [2.45, 2.75) is 44.4 Å². The van der Waals surface area contributed by atoms with Crippen LogP contribution in [-0.2, 0) is 6.54 Å². The SMILES string of the molecule is OC1CCCC(NCc2cccc(Br)n2)C1. The maximum Gasteiger partial charge on any atom is 0.106 e. The van der Waals surface area contributed by atoms with E-state index in [9.17, 15) is 5.11 Å². The average molecular weight is 285 g/mol. The number of pyridine rings is 1. The van der Waals surface area contributed by atoms with Crippen molar-refractivity contribution >= 4 is 15.9 Å². The molecular weight excluding hydrogens is 268 g/mol. The molecule has 0 bridgehead atoms. The molecule has 88 valence electrons. The Balaban J connectivity index is 1.82. The Morgan fingerprint density at radius 3 is 3.06 bits per heavy atom. The molecule has 3 nitrogen and oxygen atoms in total. The predicted molar refractivity (Wildman–Crippen MR) is 67.0 cm³/mol. The molecule has 0 aromatic carbocycles. The molecule has 0 saturated heterocycles. The third kappa shape index (κ3) is 3.54. The van der Waals surface area contributed by atoms with Crippen LogP contribution < -0.4 is 5.32 Å². The normalized spacial score (nSPS) is 25.6. The van der Waals surface area contributed by atoms with E-state index in [0.29, 0.717) is 6.04 Å². The van der Waals surface area contributed by atoms with Gasteiger partial charge in [-0.2, -0.15) is 0 Å². The molecule has 2 rings (SSSR count). The minimum Gasteiger partial charge on any atom is -0.393 e. The van der Waals surface area contributed by atoms with Gasteiger partial charge in [0, 0.05) is 12.6 Å². The highest BCUT2D eigenvalue weighted by molar-refractivity contribution is 9.10. The number of halogens is 1. The van der Waals surface area contributed by atoms with E-state index in [-0.39, 0.29) is 6.10 Å². The predicted octanol–water partition coefficient (Wildman–Crippen LogP) is 2.24. The number of hydrogen-bond donors (Lipinski definition) is 2. The third-order valence-electron chi connectivity index (χ3n) is 2.99. The number of hydrogen-bond acceptors (Lipinski definition) is 3. The lowest BCUT2D eigenvalue weighted by Gasteiger charge is -2.26. The van der Waals surface area contributed by atoms with E-state index in [1.165, 1.54) is 0 Å².